The molecule has 5 rings (SSSR count). The Morgan fingerprint density at radius 1 is 1.24 bits per heavy atom. The first-order valence-corrected chi connectivity index (χ1v) is 12.6. The number of β-amino-alcohol motifs (C(OH)–C–C–N with tert-alkyl or cyclic N) is 1. The van der Waals surface area contributed by atoms with Crippen molar-refractivity contribution in [1.82, 2.24) is 15.2 Å². The highest BCUT2D eigenvalue weighted by Crippen LogP contribution is 2.41. The van der Waals surface area contributed by atoms with Gasteiger partial charge < -0.3 is 25.5 Å². The van der Waals surface area contributed by atoms with Crippen LogP contribution in [0.3, 0.4) is 0 Å². The Morgan fingerprint density at radius 3 is 2.81 bits per heavy atom. The van der Waals surface area contributed by atoms with Gasteiger partial charge in [-0.2, -0.15) is 0 Å². The molecule has 192 valence electrons. The lowest BCUT2D eigenvalue weighted by molar-refractivity contribution is -0.110. The van der Waals surface area contributed by atoms with Crippen LogP contribution in [-0.2, 0) is 9.53 Å². The number of nitrogens with zero attached hydrogens (tertiary/aromatic N) is 1. The van der Waals surface area contributed by atoms with Crippen LogP contribution < -0.4 is 10.6 Å². The van der Waals surface area contributed by atoms with Gasteiger partial charge in [-0.25, -0.2) is 0 Å². The summed E-state index contributed by atoms with van der Waals surface area (Å²) in [5.41, 5.74) is 5.67. The SMILES string of the molecule is Cc1c(C(=O)NCC(O)CN2CCOCC2)c[nH]c1C=C1C(=O)Nc2cccc(-c3cccc(Cl)c3)c21. The number of carbonyl (C=O) groups excluding carboxylic acids is 2. The third-order valence-electron chi connectivity index (χ3n) is 6.75. The Kier molecular flexibility index (Phi) is 7.43. The molecular weight excluding hydrogens is 492 g/mol. The molecule has 9 heteroatoms. The largest absolute Gasteiger partial charge is 0.390 e. The lowest BCUT2D eigenvalue weighted by atomic mass is 9.94. The molecule has 4 N–H and O–H groups in total. The van der Waals surface area contributed by atoms with Crippen LogP contribution in [0.2, 0.25) is 5.02 Å². The van der Waals surface area contributed by atoms with E-state index < -0.39 is 6.10 Å². The number of rotatable bonds is 7. The molecule has 0 aliphatic carbocycles. The average molecular weight is 521 g/mol. The zero-order chi connectivity index (χ0) is 25.9. The maximum atomic E-state index is 12.9. The standard InChI is InChI=1S/C28H29ClN4O4/c1-17-23(27(35)31-14-20(34)16-33-8-10-37-11-9-33)15-30-25(17)13-22-26-21(18-4-2-5-19(29)12-18)6-3-7-24(26)32-28(22)36/h2-7,12-13,15,20,30,34H,8-11,14,16H2,1H3,(H,31,35)(H,32,36). The molecule has 37 heavy (non-hydrogen) atoms. The molecule has 1 atom stereocenters. The van der Waals surface area contributed by atoms with Crippen LogP contribution in [0.4, 0.5) is 5.69 Å². The fourth-order valence-electron chi connectivity index (χ4n) is 4.78. The second-order valence-electron chi connectivity index (χ2n) is 9.27. The van der Waals surface area contributed by atoms with Gasteiger partial charge >= 0.3 is 0 Å². The first kappa shape index (κ1) is 25.2. The van der Waals surface area contributed by atoms with Crippen molar-refractivity contribution in [2.45, 2.75) is 13.0 Å². The van der Waals surface area contributed by atoms with E-state index in [0.717, 1.165) is 35.5 Å². The summed E-state index contributed by atoms with van der Waals surface area (Å²) in [7, 11) is 0. The van der Waals surface area contributed by atoms with Crippen molar-refractivity contribution in [3.05, 3.63) is 76.1 Å². The molecule has 1 unspecified atom stereocenters. The molecule has 0 bridgehead atoms. The number of hydrogen-bond acceptors (Lipinski definition) is 5. The maximum absolute atomic E-state index is 12.9. The summed E-state index contributed by atoms with van der Waals surface area (Å²) in [5, 5.41) is 16.7. The molecule has 3 aromatic rings. The summed E-state index contributed by atoms with van der Waals surface area (Å²) >= 11 is 6.22. The number of morpholine rings is 1. The van der Waals surface area contributed by atoms with Gasteiger partial charge in [-0.05, 0) is 47.9 Å². The molecule has 1 saturated heterocycles. The molecule has 3 heterocycles. The van der Waals surface area contributed by atoms with Crippen molar-refractivity contribution >= 4 is 40.8 Å². The minimum absolute atomic E-state index is 0.149. The third-order valence-corrected chi connectivity index (χ3v) is 6.98. The van der Waals surface area contributed by atoms with Crippen molar-refractivity contribution in [3.8, 4) is 11.1 Å². The number of nitrogens with one attached hydrogen (secondary N) is 3. The number of carbonyl (C=O) groups is 2. The zero-order valence-electron chi connectivity index (χ0n) is 20.5. The zero-order valence-corrected chi connectivity index (χ0v) is 21.3. The predicted octanol–water partition coefficient (Wildman–Crippen LogP) is 3.56. The summed E-state index contributed by atoms with van der Waals surface area (Å²) in [6, 6.07) is 13.2. The van der Waals surface area contributed by atoms with Crippen molar-refractivity contribution in [3.63, 3.8) is 0 Å². The molecule has 2 amide bonds. The van der Waals surface area contributed by atoms with Crippen LogP contribution in [0.5, 0.6) is 0 Å². The fraction of sp³-hybridized carbons (Fsp3) is 0.286. The van der Waals surface area contributed by atoms with E-state index >= 15 is 0 Å². The number of fused-ring (bicyclic) bond motifs is 1. The predicted molar refractivity (Wildman–Crippen MR) is 145 cm³/mol. The molecule has 0 spiro atoms. The van der Waals surface area contributed by atoms with E-state index in [1.165, 1.54) is 0 Å². The van der Waals surface area contributed by atoms with Gasteiger partial charge in [0.25, 0.3) is 11.8 Å². The number of anilines is 1. The number of aliphatic hydroxyl groups excluding tert-OH is 1. The number of amides is 2. The third kappa shape index (κ3) is 5.47. The van der Waals surface area contributed by atoms with E-state index in [1.54, 1.807) is 12.3 Å². The van der Waals surface area contributed by atoms with E-state index in [2.05, 4.69) is 20.5 Å². The number of aliphatic hydroxyl groups is 1. The molecule has 2 aromatic carbocycles. The van der Waals surface area contributed by atoms with E-state index in [0.29, 0.717) is 47.2 Å². The average Bonchev–Trinajstić information content (AvgIpc) is 3.42. The molecule has 1 fully saturated rings. The molecule has 0 radical (unpaired) electrons. The fourth-order valence-corrected chi connectivity index (χ4v) is 4.97. The topological polar surface area (TPSA) is 107 Å². The summed E-state index contributed by atoms with van der Waals surface area (Å²) in [6.07, 6.45) is 2.72. The lowest BCUT2D eigenvalue weighted by Crippen LogP contribution is -2.44. The Bertz CT molecular complexity index is 1360. The Hall–Kier alpha value is -3.43. The van der Waals surface area contributed by atoms with E-state index in [1.807, 2.05) is 49.4 Å². The van der Waals surface area contributed by atoms with Gasteiger partial charge in [0, 0.05) is 54.3 Å². The second-order valence-corrected chi connectivity index (χ2v) is 9.70. The molecule has 8 nitrogen and oxygen atoms in total. The molecule has 0 saturated carbocycles. The monoisotopic (exact) mass is 520 g/mol. The highest BCUT2D eigenvalue weighted by molar-refractivity contribution is 6.36. The number of ether oxygens (including phenoxy) is 1. The number of benzene rings is 2. The quantitative estimate of drug-likeness (QED) is 0.356. The summed E-state index contributed by atoms with van der Waals surface area (Å²) in [5.74, 6) is -0.494. The number of H-pyrrole nitrogens is 1. The Morgan fingerprint density at radius 2 is 2.03 bits per heavy atom. The smallest absolute Gasteiger partial charge is 0.256 e. The van der Waals surface area contributed by atoms with Crippen LogP contribution in [0.1, 0.15) is 27.2 Å². The van der Waals surface area contributed by atoms with Gasteiger partial charge in [0.05, 0.1) is 30.5 Å². The van der Waals surface area contributed by atoms with Crippen molar-refractivity contribution < 1.29 is 19.4 Å². The summed E-state index contributed by atoms with van der Waals surface area (Å²) in [6.45, 7) is 5.32. The normalized spacial score (nSPS) is 17.5. The maximum Gasteiger partial charge on any atom is 0.256 e. The highest BCUT2D eigenvalue weighted by Gasteiger charge is 2.28. The summed E-state index contributed by atoms with van der Waals surface area (Å²) < 4.78 is 5.33. The molecule has 1 aromatic heterocycles. The van der Waals surface area contributed by atoms with Crippen molar-refractivity contribution in [2.75, 3.05) is 44.7 Å². The molecule has 2 aliphatic rings. The van der Waals surface area contributed by atoms with Gasteiger partial charge in [0.15, 0.2) is 0 Å². The van der Waals surface area contributed by atoms with Gasteiger partial charge in [0.2, 0.25) is 0 Å². The van der Waals surface area contributed by atoms with E-state index in [4.69, 9.17) is 16.3 Å². The van der Waals surface area contributed by atoms with Crippen molar-refractivity contribution in [1.29, 1.82) is 0 Å². The lowest BCUT2D eigenvalue weighted by Gasteiger charge is -2.28. The number of hydrogen-bond donors (Lipinski definition) is 4. The second kappa shape index (κ2) is 10.9. The van der Waals surface area contributed by atoms with Crippen LogP contribution in [0.25, 0.3) is 22.8 Å². The first-order chi connectivity index (χ1) is 17.9. The van der Waals surface area contributed by atoms with Crippen LogP contribution >= 0.6 is 11.6 Å². The minimum Gasteiger partial charge on any atom is -0.390 e. The van der Waals surface area contributed by atoms with E-state index in [-0.39, 0.29) is 18.4 Å². The van der Waals surface area contributed by atoms with Gasteiger partial charge in [-0.1, -0.05) is 35.9 Å². The molecular formula is C28H29ClN4O4. The Labute approximate surface area is 220 Å². The van der Waals surface area contributed by atoms with Crippen LogP contribution in [0.15, 0.2) is 48.7 Å². The number of aromatic nitrogens is 1. The Balaban J connectivity index is 1.35. The van der Waals surface area contributed by atoms with Crippen LogP contribution in [0, 0.1) is 6.92 Å². The summed E-state index contributed by atoms with van der Waals surface area (Å²) in [4.78, 5) is 31.1. The van der Waals surface area contributed by atoms with Crippen LogP contribution in [-0.4, -0.2) is 72.3 Å². The van der Waals surface area contributed by atoms with E-state index in [9.17, 15) is 14.7 Å². The van der Waals surface area contributed by atoms with Gasteiger partial charge in [-0.3, -0.25) is 14.5 Å². The van der Waals surface area contributed by atoms with Gasteiger partial charge in [0.1, 0.15) is 0 Å². The number of aromatic amines is 1. The van der Waals surface area contributed by atoms with Gasteiger partial charge in [-0.15, -0.1) is 0 Å². The van der Waals surface area contributed by atoms with Crippen molar-refractivity contribution in [2.24, 2.45) is 0 Å². The first-order valence-electron chi connectivity index (χ1n) is 12.3. The highest BCUT2D eigenvalue weighted by atomic mass is 35.5. The number of halogens is 1. The minimum atomic E-state index is -0.675. The molecule has 2 aliphatic heterocycles.